The van der Waals surface area contributed by atoms with E-state index in [0.717, 1.165) is 0 Å². The molecule has 2 atom stereocenters. The zero-order valence-corrected chi connectivity index (χ0v) is 20.4. The average molecular weight is 477 g/mol. The molecule has 1 aromatic rings. The number of nitrogens with one attached hydrogen (secondary N) is 2. The molecular weight excluding hydrogens is 444 g/mol. The number of rotatable bonds is 6. The van der Waals surface area contributed by atoms with Crippen LogP contribution in [-0.2, 0) is 28.5 Å². The summed E-state index contributed by atoms with van der Waals surface area (Å²) in [6.45, 7) is 10.6. The van der Waals surface area contributed by atoms with Crippen LogP contribution in [0.2, 0.25) is 0 Å². The van der Waals surface area contributed by atoms with Gasteiger partial charge in [0.2, 0.25) is 0 Å². The molecule has 0 aliphatic carbocycles. The van der Waals surface area contributed by atoms with E-state index in [4.69, 9.17) is 18.9 Å². The van der Waals surface area contributed by atoms with Crippen LogP contribution in [0.4, 0.5) is 0 Å². The van der Waals surface area contributed by atoms with Gasteiger partial charge in [0.15, 0.2) is 0 Å². The van der Waals surface area contributed by atoms with Crippen molar-refractivity contribution in [2.45, 2.75) is 63.7 Å². The summed E-state index contributed by atoms with van der Waals surface area (Å²) in [5.74, 6) is -1.87. The summed E-state index contributed by atoms with van der Waals surface area (Å²) >= 11 is 0. The predicted molar refractivity (Wildman–Crippen MR) is 120 cm³/mol. The topological polar surface area (TPSA) is 129 Å². The van der Waals surface area contributed by atoms with Crippen molar-refractivity contribution in [3.05, 3.63) is 35.4 Å². The number of hydrogen-bond acceptors (Lipinski definition) is 10. The molecule has 10 nitrogen and oxygen atoms in total. The molecule has 2 N–H and O–H groups in total. The number of benzene rings is 1. The Morgan fingerprint density at radius 1 is 0.735 bits per heavy atom. The molecule has 2 aliphatic heterocycles. The second-order valence-electron chi connectivity index (χ2n) is 10.5. The van der Waals surface area contributed by atoms with Crippen LogP contribution in [0.25, 0.3) is 0 Å². The molecule has 0 aromatic heterocycles. The van der Waals surface area contributed by atoms with E-state index in [0.29, 0.717) is 0 Å². The van der Waals surface area contributed by atoms with Crippen molar-refractivity contribution in [1.29, 1.82) is 0 Å². The molecule has 2 saturated heterocycles. The van der Waals surface area contributed by atoms with Crippen molar-refractivity contribution in [3.8, 4) is 0 Å². The number of esters is 4. The Balaban J connectivity index is 1.53. The van der Waals surface area contributed by atoms with E-state index in [1.807, 2.05) is 0 Å². The normalized spacial score (nSPS) is 27.8. The van der Waals surface area contributed by atoms with Crippen LogP contribution in [-0.4, -0.2) is 72.5 Å². The maximum Gasteiger partial charge on any atom is 0.338 e. The molecule has 0 amide bonds. The number of carbonyl (C=O) groups excluding carboxylic acids is 4. The Bertz CT molecular complexity index is 908. The first-order valence-corrected chi connectivity index (χ1v) is 11.0. The van der Waals surface area contributed by atoms with Crippen molar-refractivity contribution < 1.29 is 38.1 Å². The summed E-state index contributed by atoms with van der Waals surface area (Å²) in [5.41, 5.74) is -2.68. The quantitative estimate of drug-likeness (QED) is 0.459. The molecule has 0 bridgehead atoms. The molecule has 2 fully saturated rings. The Morgan fingerprint density at radius 3 is 1.35 bits per heavy atom. The molecule has 1 aromatic carbocycles. The molecule has 2 heterocycles. The van der Waals surface area contributed by atoms with Crippen LogP contribution >= 0.6 is 0 Å². The van der Waals surface area contributed by atoms with E-state index < -0.39 is 34.1 Å². The Labute approximate surface area is 198 Å². The fourth-order valence-corrected chi connectivity index (χ4v) is 4.01. The highest BCUT2D eigenvalue weighted by atomic mass is 16.6. The van der Waals surface area contributed by atoms with Gasteiger partial charge < -0.3 is 18.9 Å². The van der Waals surface area contributed by atoms with Gasteiger partial charge in [-0.15, -0.1) is 0 Å². The number of morpholine rings is 2. The molecule has 0 spiro atoms. The number of carbonyl (C=O) groups is 4. The standard InChI is InChI=1S/C24H32N2O8/c1-21(2)19(29)33-13-23(5,25-21)11-31-17(27)15-7-9-16(10-8-15)18(28)32-12-24(6)14-34-20(30)22(3,4)26-24/h7-10,25-26H,11-14H2,1-6H3. The molecule has 0 radical (unpaired) electrons. The van der Waals surface area contributed by atoms with E-state index in [9.17, 15) is 19.2 Å². The monoisotopic (exact) mass is 476 g/mol. The number of hydrogen-bond donors (Lipinski definition) is 2. The zero-order chi connectivity index (χ0) is 25.4. The van der Waals surface area contributed by atoms with Gasteiger partial charge in [-0.3, -0.25) is 20.2 Å². The third-order valence-electron chi connectivity index (χ3n) is 5.69. The van der Waals surface area contributed by atoms with E-state index in [1.54, 1.807) is 41.5 Å². The van der Waals surface area contributed by atoms with Crippen LogP contribution in [0.15, 0.2) is 24.3 Å². The molecular formula is C24H32N2O8. The Kier molecular flexibility index (Phi) is 6.78. The minimum absolute atomic E-state index is 0.00115. The van der Waals surface area contributed by atoms with Gasteiger partial charge in [-0.25, -0.2) is 9.59 Å². The third-order valence-corrected chi connectivity index (χ3v) is 5.69. The number of ether oxygens (including phenoxy) is 4. The maximum absolute atomic E-state index is 12.5. The van der Waals surface area contributed by atoms with E-state index in [2.05, 4.69) is 10.6 Å². The molecule has 10 heteroatoms. The van der Waals surface area contributed by atoms with Crippen LogP contribution < -0.4 is 10.6 Å². The fourth-order valence-electron chi connectivity index (χ4n) is 4.01. The lowest BCUT2D eigenvalue weighted by molar-refractivity contribution is -0.163. The van der Waals surface area contributed by atoms with Crippen molar-refractivity contribution in [2.75, 3.05) is 26.4 Å². The first-order chi connectivity index (χ1) is 15.6. The molecule has 2 unspecified atom stereocenters. The van der Waals surface area contributed by atoms with Crippen LogP contribution in [0.1, 0.15) is 62.3 Å². The van der Waals surface area contributed by atoms with Crippen molar-refractivity contribution in [2.24, 2.45) is 0 Å². The first-order valence-electron chi connectivity index (χ1n) is 11.0. The Hall–Kier alpha value is -2.98. The highest BCUT2D eigenvalue weighted by molar-refractivity contribution is 5.93. The molecule has 34 heavy (non-hydrogen) atoms. The number of cyclic esters (lactones) is 2. The second kappa shape index (κ2) is 8.99. The summed E-state index contributed by atoms with van der Waals surface area (Å²) < 4.78 is 21.2. The fraction of sp³-hybridized carbons (Fsp3) is 0.583. The van der Waals surface area contributed by atoms with E-state index >= 15 is 0 Å². The smallest absolute Gasteiger partial charge is 0.338 e. The third kappa shape index (κ3) is 5.74. The highest BCUT2D eigenvalue weighted by Gasteiger charge is 2.45. The van der Waals surface area contributed by atoms with Crippen molar-refractivity contribution >= 4 is 23.9 Å². The summed E-state index contributed by atoms with van der Waals surface area (Å²) in [5, 5.41) is 6.31. The molecule has 186 valence electrons. The maximum atomic E-state index is 12.5. The minimum Gasteiger partial charge on any atom is -0.462 e. The lowest BCUT2D eigenvalue weighted by Crippen LogP contribution is -2.66. The van der Waals surface area contributed by atoms with Gasteiger partial charge in [0.25, 0.3) is 0 Å². The molecule has 3 rings (SSSR count). The summed E-state index contributed by atoms with van der Waals surface area (Å²) in [4.78, 5) is 48.5. The van der Waals surface area contributed by atoms with Gasteiger partial charge in [-0.2, -0.15) is 0 Å². The van der Waals surface area contributed by atoms with Gasteiger partial charge in [0.1, 0.15) is 37.5 Å². The zero-order valence-electron chi connectivity index (χ0n) is 20.4. The highest BCUT2D eigenvalue weighted by Crippen LogP contribution is 2.22. The molecule has 2 aliphatic rings. The molecule has 0 saturated carbocycles. The lowest BCUT2D eigenvalue weighted by atomic mass is 9.94. The summed E-state index contributed by atoms with van der Waals surface area (Å²) in [6.07, 6.45) is 0. The van der Waals surface area contributed by atoms with Gasteiger partial charge >= 0.3 is 23.9 Å². The second-order valence-corrected chi connectivity index (χ2v) is 10.5. The van der Waals surface area contributed by atoms with Gasteiger partial charge in [0.05, 0.1) is 22.2 Å². The summed E-state index contributed by atoms with van der Waals surface area (Å²) in [6, 6.07) is 5.91. The average Bonchev–Trinajstić information content (AvgIpc) is 2.76. The largest absolute Gasteiger partial charge is 0.462 e. The van der Waals surface area contributed by atoms with Crippen LogP contribution in [0.3, 0.4) is 0 Å². The van der Waals surface area contributed by atoms with Crippen LogP contribution in [0, 0.1) is 0 Å². The van der Waals surface area contributed by atoms with E-state index in [-0.39, 0.29) is 49.5 Å². The van der Waals surface area contributed by atoms with E-state index in [1.165, 1.54) is 24.3 Å². The minimum atomic E-state index is -0.886. The van der Waals surface area contributed by atoms with Crippen molar-refractivity contribution in [1.82, 2.24) is 10.6 Å². The lowest BCUT2D eigenvalue weighted by Gasteiger charge is -2.42. The van der Waals surface area contributed by atoms with Gasteiger partial charge in [0, 0.05) is 0 Å². The van der Waals surface area contributed by atoms with Crippen molar-refractivity contribution in [3.63, 3.8) is 0 Å². The summed E-state index contributed by atoms with van der Waals surface area (Å²) in [7, 11) is 0. The van der Waals surface area contributed by atoms with Crippen LogP contribution in [0.5, 0.6) is 0 Å². The first kappa shape index (κ1) is 25.6. The van der Waals surface area contributed by atoms with Gasteiger partial charge in [-0.1, -0.05) is 0 Å². The Morgan fingerprint density at radius 2 is 1.06 bits per heavy atom. The van der Waals surface area contributed by atoms with Gasteiger partial charge in [-0.05, 0) is 65.8 Å². The predicted octanol–water partition coefficient (Wildman–Crippen LogP) is 1.37. The SMILES string of the molecule is CC1(COC(=O)c2ccc(C(=O)OCC3(C)COC(=O)C(C)(C)N3)cc2)COC(=O)C(C)(C)N1.